The fourth-order valence-electron chi connectivity index (χ4n) is 1.32. The van der Waals surface area contributed by atoms with E-state index in [-0.39, 0.29) is 0 Å². The maximum Gasteiger partial charge on any atom is 0.180 e. The molecule has 14 heavy (non-hydrogen) atoms. The fourth-order valence-corrected chi connectivity index (χ4v) is 2.15. The molecule has 0 saturated heterocycles. The van der Waals surface area contributed by atoms with E-state index in [0.717, 1.165) is 17.0 Å². The van der Waals surface area contributed by atoms with E-state index in [9.17, 15) is 0 Å². The van der Waals surface area contributed by atoms with Gasteiger partial charge in [0.15, 0.2) is 5.13 Å². The van der Waals surface area contributed by atoms with Gasteiger partial charge in [-0.05, 0) is 6.92 Å². The highest BCUT2D eigenvalue weighted by atomic mass is 35.5. The molecule has 0 atom stereocenters. The van der Waals surface area contributed by atoms with Gasteiger partial charge in [0.2, 0.25) is 0 Å². The summed E-state index contributed by atoms with van der Waals surface area (Å²) in [6, 6.07) is 0. The van der Waals surface area contributed by atoms with E-state index in [0.29, 0.717) is 10.3 Å². The predicted molar refractivity (Wildman–Crippen MR) is 58.5 cm³/mol. The highest BCUT2D eigenvalue weighted by Gasteiger charge is 2.15. The SMILES string of the molecule is Cc1nn(C)c(Cl)c1-c1csc(N)n1. The summed E-state index contributed by atoms with van der Waals surface area (Å²) in [4.78, 5) is 4.17. The van der Waals surface area contributed by atoms with E-state index in [2.05, 4.69) is 10.1 Å². The molecule has 0 radical (unpaired) electrons. The minimum Gasteiger partial charge on any atom is -0.375 e. The lowest BCUT2D eigenvalue weighted by atomic mass is 10.2. The summed E-state index contributed by atoms with van der Waals surface area (Å²) >= 11 is 7.48. The number of nitrogens with two attached hydrogens (primary N) is 1. The van der Waals surface area contributed by atoms with Gasteiger partial charge >= 0.3 is 0 Å². The van der Waals surface area contributed by atoms with Crippen molar-refractivity contribution >= 4 is 28.1 Å². The summed E-state index contributed by atoms with van der Waals surface area (Å²) in [7, 11) is 1.80. The second kappa shape index (κ2) is 3.25. The lowest BCUT2D eigenvalue weighted by molar-refractivity contribution is 0.757. The number of halogens is 1. The van der Waals surface area contributed by atoms with Crippen LogP contribution in [0.1, 0.15) is 5.69 Å². The van der Waals surface area contributed by atoms with Gasteiger partial charge in [0.1, 0.15) is 5.15 Å². The first kappa shape index (κ1) is 9.48. The van der Waals surface area contributed by atoms with E-state index >= 15 is 0 Å². The van der Waals surface area contributed by atoms with Gasteiger partial charge in [-0.2, -0.15) is 5.10 Å². The molecule has 0 aliphatic rings. The van der Waals surface area contributed by atoms with E-state index in [1.165, 1.54) is 11.3 Å². The third-order valence-corrected chi connectivity index (χ3v) is 3.04. The molecule has 2 N–H and O–H groups in total. The van der Waals surface area contributed by atoms with Crippen LogP contribution in [0.3, 0.4) is 0 Å². The molecule has 2 heterocycles. The van der Waals surface area contributed by atoms with Gasteiger partial charge < -0.3 is 5.73 Å². The van der Waals surface area contributed by atoms with Gasteiger partial charge in [0.05, 0.1) is 17.0 Å². The molecule has 0 unspecified atom stereocenters. The summed E-state index contributed by atoms with van der Waals surface area (Å²) in [6.45, 7) is 1.90. The number of nitrogens with zero attached hydrogens (tertiary/aromatic N) is 3. The Kier molecular flexibility index (Phi) is 2.20. The van der Waals surface area contributed by atoms with Crippen molar-refractivity contribution in [2.24, 2.45) is 7.05 Å². The van der Waals surface area contributed by atoms with Crippen molar-refractivity contribution in [3.8, 4) is 11.3 Å². The number of aromatic nitrogens is 3. The van der Waals surface area contributed by atoms with E-state index in [4.69, 9.17) is 17.3 Å². The van der Waals surface area contributed by atoms with Gasteiger partial charge in [-0.1, -0.05) is 11.6 Å². The molecule has 6 heteroatoms. The third-order valence-electron chi connectivity index (χ3n) is 1.93. The summed E-state index contributed by atoms with van der Waals surface area (Å²) in [6.07, 6.45) is 0. The van der Waals surface area contributed by atoms with E-state index in [1.54, 1.807) is 11.7 Å². The van der Waals surface area contributed by atoms with Crippen molar-refractivity contribution in [3.63, 3.8) is 0 Å². The lowest BCUT2D eigenvalue weighted by Crippen LogP contribution is -1.89. The Morgan fingerprint density at radius 2 is 2.29 bits per heavy atom. The Morgan fingerprint density at radius 1 is 1.57 bits per heavy atom. The lowest BCUT2D eigenvalue weighted by Gasteiger charge is -1.94. The average molecular weight is 229 g/mol. The van der Waals surface area contributed by atoms with Crippen LogP contribution < -0.4 is 5.73 Å². The van der Waals surface area contributed by atoms with Crippen molar-refractivity contribution < 1.29 is 0 Å². The smallest absolute Gasteiger partial charge is 0.180 e. The van der Waals surface area contributed by atoms with Crippen LogP contribution >= 0.6 is 22.9 Å². The zero-order valence-corrected chi connectivity index (χ0v) is 9.35. The molecule has 2 rings (SSSR count). The molecular formula is C8H9ClN4S. The minimum absolute atomic E-state index is 0.541. The Balaban J connectivity index is 2.61. The number of nitrogen functional groups attached to an aromatic ring is 1. The largest absolute Gasteiger partial charge is 0.375 e. The molecule has 4 nitrogen and oxygen atoms in total. The number of hydrogen-bond acceptors (Lipinski definition) is 4. The Labute approximate surface area is 90.3 Å². The van der Waals surface area contributed by atoms with Crippen LogP contribution in [0.15, 0.2) is 5.38 Å². The van der Waals surface area contributed by atoms with Crippen molar-refractivity contribution in [2.45, 2.75) is 6.92 Å². The first-order valence-corrected chi connectivity index (χ1v) is 5.26. The second-order valence-corrected chi connectivity index (χ2v) is 4.19. The predicted octanol–water partition coefficient (Wildman–Crippen LogP) is 2.09. The van der Waals surface area contributed by atoms with Crippen LogP contribution in [0, 0.1) is 6.92 Å². The number of rotatable bonds is 1. The Morgan fingerprint density at radius 3 is 2.71 bits per heavy atom. The molecule has 74 valence electrons. The fraction of sp³-hybridized carbons (Fsp3) is 0.250. The van der Waals surface area contributed by atoms with Crippen LogP contribution in [0.25, 0.3) is 11.3 Å². The molecule has 2 aromatic heterocycles. The number of anilines is 1. The molecule has 0 spiro atoms. The summed E-state index contributed by atoms with van der Waals surface area (Å²) in [5.74, 6) is 0. The van der Waals surface area contributed by atoms with Gasteiger partial charge in [-0.15, -0.1) is 11.3 Å². The highest BCUT2D eigenvalue weighted by molar-refractivity contribution is 7.13. The van der Waals surface area contributed by atoms with Crippen molar-refractivity contribution in [2.75, 3.05) is 5.73 Å². The zero-order valence-electron chi connectivity index (χ0n) is 7.78. The molecule has 0 amide bonds. The van der Waals surface area contributed by atoms with Gasteiger partial charge in [0, 0.05) is 12.4 Å². The number of aryl methyl sites for hydroxylation is 2. The van der Waals surface area contributed by atoms with Gasteiger partial charge in [-0.3, -0.25) is 4.68 Å². The zero-order chi connectivity index (χ0) is 10.3. The van der Waals surface area contributed by atoms with E-state index in [1.807, 2.05) is 12.3 Å². The maximum absolute atomic E-state index is 6.08. The Hall–Kier alpha value is -1.07. The van der Waals surface area contributed by atoms with Crippen molar-refractivity contribution in [1.29, 1.82) is 0 Å². The molecule has 0 bridgehead atoms. The molecule has 0 fully saturated rings. The molecule has 0 aliphatic carbocycles. The average Bonchev–Trinajstić information content (AvgIpc) is 2.60. The topological polar surface area (TPSA) is 56.7 Å². The standard InChI is InChI=1S/C8H9ClN4S/c1-4-6(7(9)13(2)12-4)5-3-14-8(10)11-5/h3H,1-2H3,(H2,10,11). The monoisotopic (exact) mass is 228 g/mol. The maximum atomic E-state index is 6.08. The summed E-state index contributed by atoms with van der Waals surface area (Å²) < 4.78 is 1.63. The van der Waals surface area contributed by atoms with Crippen LogP contribution in [-0.2, 0) is 7.05 Å². The highest BCUT2D eigenvalue weighted by Crippen LogP contribution is 2.31. The summed E-state index contributed by atoms with van der Waals surface area (Å²) in [5.41, 5.74) is 8.08. The third kappa shape index (κ3) is 1.38. The van der Waals surface area contributed by atoms with Crippen LogP contribution in [0.4, 0.5) is 5.13 Å². The molecule has 0 saturated carbocycles. The van der Waals surface area contributed by atoms with Gasteiger partial charge in [-0.25, -0.2) is 4.98 Å². The molecule has 2 aromatic rings. The normalized spacial score (nSPS) is 10.8. The quantitative estimate of drug-likeness (QED) is 0.813. The van der Waals surface area contributed by atoms with Crippen LogP contribution in [-0.4, -0.2) is 14.8 Å². The van der Waals surface area contributed by atoms with Crippen LogP contribution in [0.2, 0.25) is 5.15 Å². The Bertz CT molecular complexity index is 474. The van der Waals surface area contributed by atoms with E-state index < -0.39 is 0 Å². The van der Waals surface area contributed by atoms with Gasteiger partial charge in [0.25, 0.3) is 0 Å². The molecule has 0 aliphatic heterocycles. The van der Waals surface area contributed by atoms with Crippen molar-refractivity contribution in [3.05, 3.63) is 16.2 Å². The number of thiazole rings is 1. The first-order valence-electron chi connectivity index (χ1n) is 4.00. The van der Waals surface area contributed by atoms with Crippen LogP contribution in [0.5, 0.6) is 0 Å². The molecule has 0 aromatic carbocycles. The number of hydrogen-bond donors (Lipinski definition) is 1. The van der Waals surface area contributed by atoms with Crippen molar-refractivity contribution in [1.82, 2.24) is 14.8 Å². The summed E-state index contributed by atoms with van der Waals surface area (Å²) in [5, 5.41) is 7.22. The molecular weight excluding hydrogens is 220 g/mol. The first-order chi connectivity index (χ1) is 6.59. The minimum atomic E-state index is 0.541. The second-order valence-electron chi connectivity index (χ2n) is 2.95.